The van der Waals surface area contributed by atoms with Crippen LogP contribution in [0.2, 0.25) is 5.02 Å². The number of nitrogens with one attached hydrogen (secondary N) is 1. The first kappa shape index (κ1) is 14.8. The van der Waals surface area contributed by atoms with E-state index in [1.54, 1.807) is 12.1 Å². The molecule has 1 saturated carbocycles. The molecule has 3 rings (SSSR count). The van der Waals surface area contributed by atoms with Gasteiger partial charge in [-0.25, -0.2) is 0 Å². The molecule has 21 heavy (non-hydrogen) atoms. The number of nitro groups is 1. The fourth-order valence-electron chi connectivity index (χ4n) is 3.01. The molecule has 6 heteroatoms. The molecular weight excluding hydrogens is 290 g/mol. The van der Waals surface area contributed by atoms with Gasteiger partial charge < -0.3 is 5.32 Å². The summed E-state index contributed by atoms with van der Waals surface area (Å²) in [6.45, 7) is 2.90. The third-order valence-electron chi connectivity index (χ3n) is 4.27. The van der Waals surface area contributed by atoms with Crippen molar-refractivity contribution in [3.8, 4) is 0 Å². The summed E-state index contributed by atoms with van der Waals surface area (Å²) >= 11 is 5.87. The summed E-state index contributed by atoms with van der Waals surface area (Å²) in [6.07, 6.45) is 4.95. The van der Waals surface area contributed by atoms with Crippen molar-refractivity contribution in [2.45, 2.75) is 44.3 Å². The predicted octanol–water partition coefficient (Wildman–Crippen LogP) is 2.96. The molecule has 0 spiro atoms. The Bertz CT molecular complexity index is 528. The molecule has 1 aliphatic heterocycles. The Balaban J connectivity index is 1.70. The third-order valence-corrected chi connectivity index (χ3v) is 4.59. The molecule has 1 N–H and O–H groups in total. The minimum Gasteiger partial charge on any atom is -0.313 e. The van der Waals surface area contributed by atoms with Crippen LogP contribution in [0, 0.1) is 10.1 Å². The molecule has 1 aliphatic carbocycles. The van der Waals surface area contributed by atoms with Gasteiger partial charge in [-0.15, -0.1) is 0 Å². The quantitative estimate of drug-likeness (QED) is 0.648. The minimum atomic E-state index is -0.411. The largest absolute Gasteiger partial charge is 0.313 e. The first-order valence-electron chi connectivity index (χ1n) is 7.54. The Labute approximate surface area is 129 Å². The maximum atomic E-state index is 11.0. The van der Waals surface area contributed by atoms with E-state index >= 15 is 0 Å². The van der Waals surface area contributed by atoms with E-state index in [0.29, 0.717) is 12.1 Å². The summed E-state index contributed by atoms with van der Waals surface area (Å²) < 4.78 is 0. The van der Waals surface area contributed by atoms with E-state index in [1.165, 1.54) is 25.7 Å². The normalized spacial score (nSPS) is 21.9. The monoisotopic (exact) mass is 309 g/mol. The Morgan fingerprint density at radius 1 is 1.38 bits per heavy atom. The highest BCUT2D eigenvalue weighted by atomic mass is 35.5. The smallest absolute Gasteiger partial charge is 0.288 e. The molecule has 0 radical (unpaired) electrons. The van der Waals surface area contributed by atoms with Gasteiger partial charge in [0.2, 0.25) is 0 Å². The van der Waals surface area contributed by atoms with E-state index in [4.69, 9.17) is 11.6 Å². The van der Waals surface area contributed by atoms with Crippen LogP contribution < -0.4 is 5.32 Å². The van der Waals surface area contributed by atoms with E-state index < -0.39 is 4.92 Å². The summed E-state index contributed by atoms with van der Waals surface area (Å²) in [6, 6.07) is 6.34. The molecule has 1 atom stereocenters. The van der Waals surface area contributed by atoms with Crippen molar-refractivity contribution in [1.82, 2.24) is 10.2 Å². The lowest BCUT2D eigenvalue weighted by Crippen LogP contribution is -2.38. The molecule has 1 aromatic rings. The Hall–Kier alpha value is -1.17. The molecule has 0 aromatic heterocycles. The van der Waals surface area contributed by atoms with Crippen LogP contribution in [0.3, 0.4) is 0 Å². The molecule has 1 saturated heterocycles. The number of hydrogen-bond donors (Lipinski definition) is 1. The summed E-state index contributed by atoms with van der Waals surface area (Å²) in [4.78, 5) is 13.0. The zero-order valence-corrected chi connectivity index (χ0v) is 12.7. The maximum Gasteiger partial charge on any atom is 0.288 e. The summed E-state index contributed by atoms with van der Waals surface area (Å²) in [5.41, 5.74) is 0.972. The molecule has 2 fully saturated rings. The van der Waals surface area contributed by atoms with Crippen molar-refractivity contribution >= 4 is 17.3 Å². The average molecular weight is 310 g/mol. The molecule has 1 heterocycles. The minimum absolute atomic E-state index is 0.00362. The molecular formula is C15H20ClN3O2. The van der Waals surface area contributed by atoms with Gasteiger partial charge in [0.25, 0.3) is 5.69 Å². The third kappa shape index (κ3) is 3.73. The van der Waals surface area contributed by atoms with Crippen LogP contribution in [0.1, 0.15) is 31.2 Å². The highest BCUT2D eigenvalue weighted by Gasteiger charge is 2.31. The SMILES string of the molecule is O=[N+]([O-])c1cc(CN(CC2CCCN2)C2CC2)ccc1Cl. The Morgan fingerprint density at radius 3 is 2.81 bits per heavy atom. The van der Waals surface area contributed by atoms with Crippen LogP contribution >= 0.6 is 11.6 Å². The van der Waals surface area contributed by atoms with E-state index in [0.717, 1.165) is 25.2 Å². The average Bonchev–Trinajstić information content (AvgIpc) is 3.18. The van der Waals surface area contributed by atoms with Gasteiger partial charge in [-0.1, -0.05) is 17.7 Å². The fourth-order valence-corrected chi connectivity index (χ4v) is 3.20. The standard InChI is InChI=1S/C15H20ClN3O2/c16-14-6-3-11(8-15(14)19(20)21)9-18(13-4-5-13)10-12-2-1-7-17-12/h3,6,8,12-13,17H,1-2,4-5,7,9-10H2. The Kier molecular flexibility index (Phi) is 4.42. The van der Waals surface area contributed by atoms with Gasteiger partial charge >= 0.3 is 0 Å². The number of halogens is 1. The van der Waals surface area contributed by atoms with Gasteiger partial charge in [0, 0.05) is 31.2 Å². The van der Waals surface area contributed by atoms with Crippen LogP contribution in [-0.2, 0) is 6.54 Å². The van der Waals surface area contributed by atoms with E-state index in [-0.39, 0.29) is 10.7 Å². The van der Waals surface area contributed by atoms with Crippen molar-refractivity contribution in [1.29, 1.82) is 0 Å². The number of rotatable bonds is 6. The number of benzene rings is 1. The molecule has 0 bridgehead atoms. The van der Waals surface area contributed by atoms with Crippen LogP contribution in [0.25, 0.3) is 0 Å². The van der Waals surface area contributed by atoms with Crippen LogP contribution in [0.4, 0.5) is 5.69 Å². The van der Waals surface area contributed by atoms with Crippen molar-refractivity contribution in [2.75, 3.05) is 13.1 Å². The van der Waals surface area contributed by atoms with E-state index in [2.05, 4.69) is 10.2 Å². The highest BCUT2D eigenvalue weighted by Crippen LogP contribution is 2.31. The van der Waals surface area contributed by atoms with Crippen LogP contribution in [0.15, 0.2) is 18.2 Å². The molecule has 2 aliphatic rings. The topological polar surface area (TPSA) is 58.4 Å². The maximum absolute atomic E-state index is 11.0. The molecule has 1 aromatic carbocycles. The molecule has 5 nitrogen and oxygen atoms in total. The fraction of sp³-hybridized carbons (Fsp3) is 0.600. The summed E-state index contributed by atoms with van der Waals surface area (Å²) in [5.74, 6) is 0. The number of hydrogen-bond acceptors (Lipinski definition) is 4. The second-order valence-electron chi connectivity index (χ2n) is 6.00. The van der Waals surface area contributed by atoms with Gasteiger partial charge in [-0.3, -0.25) is 15.0 Å². The second-order valence-corrected chi connectivity index (χ2v) is 6.40. The van der Waals surface area contributed by atoms with Crippen molar-refractivity contribution in [3.05, 3.63) is 38.9 Å². The van der Waals surface area contributed by atoms with E-state index in [9.17, 15) is 10.1 Å². The highest BCUT2D eigenvalue weighted by molar-refractivity contribution is 6.32. The van der Waals surface area contributed by atoms with Crippen molar-refractivity contribution in [3.63, 3.8) is 0 Å². The lowest BCUT2D eigenvalue weighted by atomic mass is 10.1. The number of nitro benzene ring substituents is 1. The first-order chi connectivity index (χ1) is 10.1. The molecule has 114 valence electrons. The summed E-state index contributed by atoms with van der Waals surface area (Å²) in [7, 11) is 0. The van der Waals surface area contributed by atoms with Gasteiger partial charge in [0.1, 0.15) is 5.02 Å². The van der Waals surface area contributed by atoms with E-state index in [1.807, 2.05) is 6.07 Å². The van der Waals surface area contributed by atoms with Gasteiger partial charge in [-0.2, -0.15) is 0 Å². The lowest BCUT2D eigenvalue weighted by molar-refractivity contribution is -0.384. The van der Waals surface area contributed by atoms with Gasteiger partial charge in [-0.05, 0) is 43.9 Å². The zero-order valence-electron chi connectivity index (χ0n) is 11.9. The number of nitrogens with zero attached hydrogens (tertiary/aromatic N) is 2. The zero-order chi connectivity index (χ0) is 14.8. The van der Waals surface area contributed by atoms with Crippen molar-refractivity contribution < 1.29 is 4.92 Å². The lowest BCUT2D eigenvalue weighted by Gasteiger charge is -2.25. The predicted molar refractivity (Wildman–Crippen MR) is 82.6 cm³/mol. The summed E-state index contributed by atoms with van der Waals surface area (Å²) in [5, 5.41) is 14.7. The first-order valence-corrected chi connectivity index (χ1v) is 7.91. The van der Waals surface area contributed by atoms with Gasteiger partial charge in [0.05, 0.1) is 4.92 Å². The second kappa shape index (κ2) is 6.30. The Morgan fingerprint density at radius 2 is 2.19 bits per heavy atom. The van der Waals surface area contributed by atoms with Gasteiger partial charge in [0.15, 0.2) is 0 Å². The van der Waals surface area contributed by atoms with Crippen LogP contribution in [-0.4, -0.2) is 35.0 Å². The molecule has 0 amide bonds. The molecule has 1 unspecified atom stereocenters. The van der Waals surface area contributed by atoms with Crippen molar-refractivity contribution in [2.24, 2.45) is 0 Å². The van der Waals surface area contributed by atoms with Crippen LogP contribution in [0.5, 0.6) is 0 Å².